The monoisotopic (exact) mass is 544 g/mol. The summed E-state index contributed by atoms with van der Waals surface area (Å²) in [5.74, 6) is 2.62. The van der Waals surface area contributed by atoms with Crippen molar-refractivity contribution in [3.05, 3.63) is 34.9 Å². The first-order chi connectivity index (χ1) is 18.2. The van der Waals surface area contributed by atoms with Gasteiger partial charge < -0.3 is 19.9 Å². The number of aromatic nitrogens is 2. The molecule has 0 spiro atoms. The Balaban J connectivity index is 1.51. The first kappa shape index (κ1) is 30.0. The summed E-state index contributed by atoms with van der Waals surface area (Å²) in [6.45, 7) is 15.9. The van der Waals surface area contributed by atoms with Crippen LogP contribution in [0.15, 0.2) is 23.1 Å². The van der Waals surface area contributed by atoms with E-state index in [1.54, 1.807) is 18.5 Å². The maximum atomic E-state index is 13.1. The van der Waals surface area contributed by atoms with E-state index in [0.29, 0.717) is 12.4 Å². The molecule has 1 saturated heterocycles. The van der Waals surface area contributed by atoms with E-state index >= 15 is 0 Å². The first-order valence-electron chi connectivity index (χ1n) is 13.6. The Morgan fingerprint density at radius 2 is 1.71 bits per heavy atom. The molecule has 0 saturated carbocycles. The van der Waals surface area contributed by atoms with Gasteiger partial charge in [-0.25, -0.2) is 8.51 Å². The minimum absolute atomic E-state index is 0.181. The van der Waals surface area contributed by atoms with E-state index in [1.165, 1.54) is 6.54 Å². The summed E-state index contributed by atoms with van der Waals surface area (Å²) in [5, 5.41) is 11.6. The summed E-state index contributed by atoms with van der Waals surface area (Å²) in [5.41, 5.74) is 2.68. The molecule has 1 aliphatic heterocycles. The first-order valence-corrected chi connectivity index (χ1v) is 14.7. The zero-order chi connectivity index (χ0) is 27.8. The number of methoxy groups -OCH3 is 1. The minimum atomic E-state index is -1.38. The van der Waals surface area contributed by atoms with Crippen LogP contribution in [0.1, 0.15) is 49.8 Å². The highest BCUT2D eigenvalue weighted by molar-refractivity contribution is 7.82. The van der Waals surface area contributed by atoms with Gasteiger partial charge in [0.1, 0.15) is 16.7 Å². The topological polar surface area (TPSA) is 90.9 Å². The van der Waals surface area contributed by atoms with Gasteiger partial charge >= 0.3 is 0 Å². The fourth-order valence-corrected chi connectivity index (χ4v) is 6.17. The van der Waals surface area contributed by atoms with Gasteiger partial charge in [-0.1, -0.05) is 13.8 Å². The van der Waals surface area contributed by atoms with E-state index in [-0.39, 0.29) is 12.3 Å². The lowest BCUT2D eigenvalue weighted by molar-refractivity contribution is -0.116. The van der Waals surface area contributed by atoms with Crippen LogP contribution in [-0.4, -0.2) is 82.9 Å². The number of rotatable bonds is 12. The quantitative estimate of drug-likeness (QED) is 0.433. The fraction of sp³-hybridized carbons (Fsp3) is 0.607. The van der Waals surface area contributed by atoms with E-state index in [9.17, 15) is 9.00 Å². The van der Waals surface area contributed by atoms with Crippen LogP contribution in [0, 0.1) is 26.7 Å². The molecule has 0 bridgehead atoms. The van der Waals surface area contributed by atoms with Crippen molar-refractivity contribution in [3.63, 3.8) is 0 Å². The van der Waals surface area contributed by atoms with Gasteiger partial charge in [0.25, 0.3) is 0 Å². The molecule has 0 aliphatic carbocycles. The molecule has 1 aliphatic rings. The molecule has 1 N–H and O–H groups in total. The van der Waals surface area contributed by atoms with Crippen molar-refractivity contribution in [1.29, 1.82) is 0 Å². The Morgan fingerprint density at radius 3 is 2.26 bits per heavy atom. The summed E-state index contributed by atoms with van der Waals surface area (Å²) in [4.78, 5) is 18.2. The predicted molar refractivity (Wildman–Crippen MR) is 154 cm³/mol. The third-order valence-corrected chi connectivity index (χ3v) is 9.10. The number of amides is 1. The van der Waals surface area contributed by atoms with Crippen LogP contribution in [0.3, 0.4) is 0 Å². The van der Waals surface area contributed by atoms with E-state index in [2.05, 4.69) is 39.2 Å². The van der Waals surface area contributed by atoms with Crippen LogP contribution >= 0.6 is 0 Å². The van der Waals surface area contributed by atoms with E-state index in [0.717, 1.165) is 78.1 Å². The van der Waals surface area contributed by atoms with Crippen molar-refractivity contribution in [2.24, 2.45) is 5.92 Å². The zero-order valence-corrected chi connectivity index (χ0v) is 24.9. The van der Waals surface area contributed by atoms with Gasteiger partial charge in [-0.3, -0.25) is 4.79 Å². The summed E-state index contributed by atoms with van der Waals surface area (Å²) < 4.78 is 20.1. The largest absolute Gasteiger partial charge is 0.497 e. The van der Waals surface area contributed by atoms with Gasteiger partial charge in [-0.05, 0) is 87.5 Å². The number of aryl methyl sites for hydroxylation is 3. The Hall–Kier alpha value is -2.56. The molecule has 1 fully saturated rings. The molecule has 2 heterocycles. The van der Waals surface area contributed by atoms with Crippen LogP contribution < -0.4 is 15.0 Å². The van der Waals surface area contributed by atoms with Crippen molar-refractivity contribution in [1.82, 2.24) is 19.4 Å². The maximum Gasteiger partial charge on any atom is 0.226 e. The lowest BCUT2D eigenvalue weighted by Crippen LogP contribution is -2.39. The highest BCUT2D eigenvalue weighted by Crippen LogP contribution is 2.26. The Labute approximate surface area is 230 Å². The van der Waals surface area contributed by atoms with Crippen molar-refractivity contribution in [2.75, 3.05) is 63.6 Å². The van der Waals surface area contributed by atoms with Gasteiger partial charge in [0.05, 0.1) is 12.0 Å². The second-order valence-electron chi connectivity index (χ2n) is 10.1. The van der Waals surface area contributed by atoms with Crippen LogP contribution in [0.5, 0.6) is 5.75 Å². The number of nitrogens with zero attached hydrogens (tertiary/aromatic N) is 5. The lowest BCUT2D eigenvalue weighted by Gasteiger charge is -2.35. The molecule has 210 valence electrons. The molecule has 10 heteroatoms. The van der Waals surface area contributed by atoms with Gasteiger partial charge in [0.2, 0.25) is 5.91 Å². The number of carbonyl (C=O) groups excluding carboxylic acids is 1. The zero-order valence-electron chi connectivity index (χ0n) is 24.0. The third kappa shape index (κ3) is 7.74. The molecule has 1 aromatic carbocycles. The average Bonchev–Trinajstić information content (AvgIpc) is 2.91. The van der Waals surface area contributed by atoms with E-state index < -0.39 is 11.0 Å². The Kier molecular flexibility index (Phi) is 11.1. The predicted octanol–water partition coefficient (Wildman–Crippen LogP) is 3.95. The molecule has 1 aromatic heterocycles. The number of anilines is 2. The second kappa shape index (κ2) is 14.0. The standard InChI is InChI=1S/C28H44N6O3S/c1-8-33(9-2)19-23-10-14-34(15-11-23)25-18-22(5)28(31-30-25)29-26(35)12-13-32(6)38(36)27-20(3)16-24(37-7)17-21(27)4/h16-18,23H,8-15,19H2,1-7H3,(H,29,31,35). The second-order valence-corrected chi connectivity index (χ2v) is 11.7. The molecule has 1 amide bonds. The lowest BCUT2D eigenvalue weighted by atomic mass is 9.96. The molecule has 0 radical (unpaired) electrons. The number of hydrogen-bond acceptors (Lipinski definition) is 7. The van der Waals surface area contributed by atoms with Crippen LogP contribution in [0.4, 0.5) is 11.6 Å². The smallest absolute Gasteiger partial charge is 0.226 e. The van der Waals surface area contributed by atoms with Crippen molar-refractivity contribution < 1.29 is 13.7 Å². The van der Waals surface area contributed by atoms with Gasteiger partial charge in [0, 0.05) is 39.6 Å². The van der Waals surface area contributed by atoms with Gasteiger partial charge in [-0.15, -0.1) is 10.2 Å². The van der Waals surface area contributed by atoms with Crippen LogP contribution in [0.25, 0.3) is 0 Å². The van der Waals surface area contributed by atoms with Gasteiger partial charge in [-0.2, -0.15) is 0 Å². The molecule has 38 heavy (non-hydrogen) atoms. The highest BCUT2D eigenvalue weighted by Gasteiger charge is 2.23. The molecule has 1 unspecified atom stereocenters. The SMILES string of the molecule is CCN(CC)CC1CCN(c2cc(C)c(NC(=O)CCN(C)S(=O)c3c(C)cc(OC)cc3C)nn2)CC1. The summed E-state index contributed by atoms with van der Waals surface area (Å²) in [6, 6.07) is 5.75. The Bertz CT molecular complexity index is 1090. The number of carbonyl (C=O) groups is 1. The third-order valence-electron chi connectivity index (χ3n) is 7.36. The molecular formula is C28H44N6O3S. The van der Waals surface area contributed by atoms with Crippen LogP contribution in [-0.2, 0) is 15.8 Å². The molecule has 3 rings (SSSR count). The van der Waals surface area contributed by atoms with Crippen molar-refractivity contribution >= 4 is 28.5 Å². The summed E-state index contributed by atoms with van der Waals surface area (Å²) in [7, 11) is 2.00. The molecule has 2 aromatic rings. The number of piperidine rings is 1. The van der Waals surface area contributed by atoms with Crippen molar-refractivity contribution in [2.45, 2.75) is 58.8 Å². The number of hydrogen-bond donors (Lipinski definition) is 1. The molecule has 9 nitrogen and oxygen atoms in total. The summed E-state index contributed by atoms with van der Waals surface area (Å²) >= 11 is 0. The highest BCUT2D eigenvalue weighted by atomic mass is 32.2. The van der Waals surface area contributed by atoms with E-state index in [4.69, 9.17) is 4.74 Å². The molecule has 1 atom stereocenters. The number of ether oxygens (including phenoxy) is 1. The number of nitrogens with one attached hydrogen (secondary N) is 1. The Morgan fingerprint density at radius 1 is 1.08 bits per heavy atom. The normalized spacial score (nSPS) is 15.2. The van der Waals surface area contributed by atoms with Crippen LogP contribution in [0.2, 0.25) is 0 Å². The van der Waals surface area contributed by atoms with Gasteiger partial charge in [0.15, 0.2) is 11.6 Å². The van der Waals surface area contributed by atoms with E-state index in [1.807, 2.05) is 39.0 Å². The maximum absolute atomic E-state index is 13.1. The fourth-order valence-electron chi connectivity index (χ4n) is 4.94. The molecular weight excluding hydrogens is 500 g/mol. The summed E-state index contributed by atoms with van der Waals surface area (Å²) in [6.07, 6.45) is 2.50. The van der Waals surface area contributed by atoms with Crippen molar-refractivity contribution in [3.8, 4) is 5.75 Å². The minimum Gasteiger partial charge on any atom is -0.497 e. The number of benzene rings is 1. The average molecular weight is 545 g/mol.